The van der Waals surface area contributed by atoms with Crippen LogP contribution in [0, 0.1) is 11.2 Å². The molecule has 5 N–H and O–H groups in total. The van der Waals surface area contributed by atoms with E-state index in [0.29, 0.717) is 29.0 Å². The van der Waals surface area contributed by atoms with Crippen molar-refractivity contribution in [1.29, 1.82) is 5.41 Å². The van der Waals surface area contributed by atoms with E-state index >= 15 is 0 Å². The number of aliphatic hydroxyl groups excluding tert-OH is 1. The van der Waals surface area contributed by atoms with Gasteiger partial charge in [-0.2, -0.15) is 0 Å². The highest BCUT2D eigenvalue weighted by molar-refractivity contribution is 5.84. The van der Waals surface area contributed by atoms with Crippen molar-refractivity contribution in [1.82, 2.24) is 14.9 Å². The summed E-state index contributed by atoms with van der Waals surface area (Å²) in [5.74, 6) is 1.48. The predicted octanol–water partition coefficient (Wildman–Crippen LogP) is 4.26. The fourth-order valence-corrected chi connectivity index (χ4v) is 4.09. The van der Waals surface area contributed by atoms with Crippen molar-refractivity contribution in [3.8, 4) is 0 Å². The number of aliphatic hydroxyl groups is 1. The summed E-state index contributed by atoms with van der Waals surface area (Å²) in [6.45, 7) is 4.11. The van der Waals surface area contributed by atoms with Crippen LogP contribution >= 0.6 is 0 Å². The monoisotopic (exact) mass is 412 g/mol. The molecule has 30 heavy (non-hydrogen) atoms. The molecule has 8 heteroatoms. The van der Waals surface area contributed by atoms with Crippen molar-refractivity contribution in [2.24, 2.45) is 0 Å². The lowest BCUT2D eigenvalue weighted by molar-refractivity contribution is 0.119. The number of hydrogen-bond acceptors (Lipinski definition) is 6. The van der Waals surface area contributed by atoms with Crippen molar-refractivity contribution >= 4 is 23.7 Å². The van der Waals surface area contributed by atoms with Crippen LogP contribution in [0.3, 0.4) is 0 Å². The molecule has 2 saturated carbocycles. The second kappa shape index (κ2) is 8.87. The molecule has 2 fully saturated rings. The van der Waals surface area contributed by atoms with Crippen LogP contribution in [0.25, 0.3) is 0 Å². The molecule has 2 aromatic rings. The molecule has 0 bridgehead atoms. The van der Waals surface area contributed by atoms with Crippen LogP contribution in [0.1, 0.15) is 56.7 Å². The van der Waals surface area contributed by atoms with E-state index in [2.05, 4.69) is 27.5 Å². The lowest BCUT2D eigenvalue weighted by Gasteiger charge is -2.31. The number of imidazole rings is 1. The van der Waals surface area contributed by atoms with Gasteiger partial charge in [-0.25, -0.2) is 9.37 Å². The van der Waals surface area contributed by atoms with Crippen LogP contribution < -0.4 is 16.0 Å². The minimum absolute atomic E-state index is 0.208. The molecular weight excluding hydrogens is 383 g/mol. The zero-order chi connectivity index (χ0) is 21.1. The molecule has 0 atom stereocenters. The summed E-state index contributed by atoms with van der Waals surface area (Å²) in [6, 6.07) is 6.99. The fourth-order valence-electron chi connectivity index (χ4n) is 4.09. The van der Waals surface area contributed by atoms with Gasteiger partial charge >= 0.3 is 0 Å². The molecule has 7 nitrogen and oxygen atoms in total. The number of nitrogens with zero attached hydrogens (tertiary/aromatic N) is 2. The predicted molar refractivity (Wildman–Crippen MR) is 117 cm³/mol. The summed E-state index contributed by atoms with van der Waals surface area (Å²) in [7, 11) is 0. The molecule has 0 radical (unpaired) electrons. The summed E-state index contributed by atoms with van der Waals surface area (Å²) in [5.41, 5.74) is 0.826. The highest BCUT2D eigenvalue weighted by Crippen LogP contribution is 2.39. The molecule has 160 valence electrons. The van der Waals surface area contributed by atoms with Crippen molar-refractivity contribution < 1.29 is 9.50 Å². The zero-order valence-corrected chi connectivity index (χ0v) is 17.0. The summed E-state index contributed by atoms with van der Waals surface area (Å²) in [5, 5.41) is 27.3. The van der Waals surface area contributed by atoms with Gasteiger partial charge in [0.25, 0.3) is 0 Å². The van der Waals surface area contributed by atoms with Gasteiger partial charge < -0.3 is 26.5 Å². The third-order valence-electron chi connectivity index (χ3n) is 5.98. The van der Waals surface area contributed by atoms with Gasteiger partial charge in [0.15, 0.2) is 0 Å². The molecule has 0 saturated heterocycles. The third-order valence-corrected chi connectivity index (χ3v) is 5.98. The van der Waals surface area contributed by atoms with E-state index in [-0.39, 0.29) is 24.0 Å². The summed E-state index contributed by atoms with van der Waals surface area (Å²) < 4.78 is 16.2. The molecule has 0 aliphatic heterocycles. The quantitative estimate of drug-likeness (QED) is 0.417. The topological polar surface area (TPSA) is 98.0 Å². The second-order valence-corrected chi connectivity index (χ2v) is 8.13. The molecule has 1 aromatic heterocycles. The summed E-state index contributed by atoms with van der Waals surface area (Å²) in [6.07, 6.45) is 7.49. The first kappa shape index (κ1) is 20.4. The van der Waals surface area contributed by atoms with Crippen LogP contribution in [0.2, 0.25) is 0 Å². The van der Waals surface area contributed by atoms with Crippen LogP contribution in [0.5, 0.6) is 0 Å². The normalized spacial score (nSPS) is 21.5. The Morgan fingerprint density at radius 3 is 2.57 bits per heavy atom. The highest BCUT2D eigenvalue weighted by atomic mass is 19.1. The van der Waals surface area contributed by atoms with E-state index < -0.39 is 0 Å². The van der Waals surface area contributed by atoms with E-state index in [1.165, 1.54) is 12.3 Å². The number of aromatic nitrogens is 2. The van der Waals surface area contributed by atoms with Gasteiger partial charge in [0.1, 0.15) is 17.3 Å². The van der Waals surface area contributed by atoms with E-state index in [1.54, 1.807) is 18.2 Å². The Morgan fingerprint density at radius 1 is 1.20 bits per heavy atom. The van der Waals surface area contributed by atoms with Crippen molar-refractivity contribution in [2.45, 2.75) is 63.1 Å². The average molecular weight is 413 g/mol. The standard InChI is InChI=1S/C22H29FN6O/c1-14(25-15-9-11-17(30)12-10-15)26-21-20(13-24)28-22(29(21)16-5-4-6-16)27-19-8-3-2-7-18(19)23/h2-3,7-8,13,15-17,24-26,30H,1,4-6,9-12H2,(H,27,28). The zero-order valence-electron chi connectivity index (χ0n) is 17.0. The molecule has 0 amide bonds. The van der Waals surface area contributed by atoms with E-state index in [4.69, 9.17) is 5.41 Å². The summed E-state index contributed by atoms with van der Waals surface area (Å²) in [4.78, 5) is 4.56. The van der Waals surface area contributed by atoms with Crippen LogP contribution in [-0.4, -0.2) is 33.0 Å². The number of anilines is 3. The van der Waals surface area contributed by atoms with E-state index in [0.717, 1.165) is 44.9 Å². The largest absolute Gasteiger partial charge is 0.393 e. The Kier molecular flexibility index (Phi) is 6.03. The minimum Gasteiger partial charge on any atom is -0.393 e. The first-order valence-electron chi connectivity index (χ1n) is 10.6. The summed E-state index contributed by atoms with van der Waals surface area (Å²) >= 11 is 0. The maximum atomic E-state index is 14.2. The number of rotatable bonds is 8. The number of nitrogens with one attached hydrogen (secondary N) is 4. The molecule has 2 aliphatic carbocycles. The Morgan fingerprint density at radius 2 is 1.93 bits per heavy atom. The number of benzene rings is 1. The molecule has 0 spiro atoms. The SMILES string of the molecule is C=C(Nc1c(C=N)nc(Nc2ccccc2F)n1C1CCC1)NC1CCC(O)CC1. The minimum atomic E-state index is -0.350. The van der Waals surface area contributed by atoms with Crippen LogP contribution in [0.4, 0.5) is 21.8 Å². The first-order valence-corrected chi connectivity index (χ1v) is 10.6. The van der Waals surface area contributed by atoms with Gasteiger partial charge in [0.05, 0.1) is 17.6 Å². The Balaban J connectivity index is 1.57. The van der Waals surface area contributed by atoms with E-state index in [1.807, 2.05) is 4.57 Å². The Labute approximate surface area is 175 Å². The molecule has 2 aliphatic rings. The maximum absolute atomic E-state index is 14.2. The average Bonchev–Trinajstić information content (AvgIpc) is 3.01. The molecule has 0 unspecified atom stereocenters. The van der Waals surface area contributed by atoms with Crippen molar-refractivity contribution in [3.05, 3.63) is 48.2 Å². The van der Waals surface area contributed by atoms with Gasteiger partial charge in [0.2, 0.25) is 5.95 Å². The molecule has 4 rings (SSSR count). The van der Waals surface area contributed by atoms with Gasteiger partial charge in [-0.1, -0.05) is 18.7 Å². The van der Waals surface area contributed by atoms with Crippen LogP contribution in [0.15, 0.2) is 36.7 Å². The molecular formula is C22H29FN6O. The lowest BCUT2D eigenvalue weighted by Crippen LogP contribution is -2.36. The first-order chi connectivity index (χ1) is 14.5. The third kappa shape index (κ3) is 4.33. The van der Waals surface area contributed by atoms with Crippen molar-refractivity contribution in [2.75, 3.05) is 10.6 Å². The van der Waals surface area contributed by atoms with Gasteiger partial charge in [-0.05, 0) is 57.1 Å². The van der Waals surface area contributed by atoms with Gasteiger partial charge in [-0.3, -0.25) is 4.57 Å². The lowest BCUT2D eigenvalue weighted by atomic mass is 9.93. The van der Waals surface area contributed by atoms with Gasteiger partial charge in [-0.15, -0.1) is 0 Å². The second-order valence-electron chi connectivity index (χ2n) is 8.13. The van der Waals surface area contributed by atoms with Crippen LogP contribution in [-0.2, 0) is 0 Å². The number of hydrogen-bond donors (Lipinski definition) is 5. The fraction of sp³-hybridized carbons (Fsp3) is 0.455. The highest BCUT2D eigenvalue weighted by Gasteiger charge is 2.28. The van der Waals surface area contributed by atoms with Crippen molar-refractivity contribution in [3.63, 3.8) is 0 Å². The number of para-hydroxylation sites is 1. The molecule has 1 heterocycles. The molecule has 1 aromatic carbocycles. The Hall–Kier alpha value is -2.87. The maximum Gasteiger partial charge on any atom is 0.209 e. The van der Waals surface area contributed by atoms with Gasteiger partial charge in [0, 0.05) is 18.3 Å². The Bertz CT molecular complexity index is 914. The van der Waals surface area contributed by atoms with E-state index in [9.17, 15) is 9.50 Å². The smallest absolute Gasteiger partial charge is 0.209 e. The number of halogens is 1.